The van der Waals surface area contributed by atoms with Crippen molar-refractivity contribution < 1.29 is 9.59 Å². The molecule has 2 amide bonds. The first-order chi connectivity index (χ1) is 9.00. The lowest BCUT2D eigenvalue weighted by Gasteiger charge is -2.22. The maximum absolute atomic E-state index is 12.0. The molecule has 1 rings (SSSR count). The minimum atomic E-state index is 0. The molecule has 1 aliphatic heterocycles. The Kier molecular flexibility index (Phi) is 8.81. The fraction of sp³-hybridized carbons (Fsp3) is 0.857. The zero-order valence-electron chi connectivity index (χ0n) is 12.6. The van der Waals surface area contributed by atoms with E-state index >= 15 is 0 Å². The summed E-state index contributed by atoms with van der Waals surface area (Å²) in [5, 5.41) is 2.82. The molecule has 0 aromatic carbocycles. The van der Waals surface area contributed by atoms with Crippen LogP contribution in [0.15, 0.2) is 0 Å². The van der Waals surface area contributed by atoms with Crippen LogP contribution in [-0.2, 0) is 9.59 Å². The van der Waals surface area contributed by atoms with Crippen molar-refractivity contribution in [2.75, 3.05) is 26.2 Å². The van der Waals surface area contributed by atoms with Crippen LogP contribution in [0.3, 0.4) is 0 Å². The van der Waals surface area contributed by atoms with Gasteiger partial charge in [0.2, 0.25) is 11.8 Å². The van der Waals surface area contributed by atoms with Gasteiger partial charge in [-0.1, -0.05) is 13.8 Å². The quantitative estimate of drug-likeness (QED) is 0.744. The first-order valence-corrected chi connectivity index (χ1v) is 7.25. The molecule has 0 aromatic heterocycles. The van der Waals surface area contributed by atoms with Crippen LogP contribution in [0.5, 0.6) is 0 Å². The highest BCUT2D eigenvalue weighted by atomic mass is 35.5. The molecule has 118 valence electrons. The highest BCUT2D eigenvalue weighted by molar-refractivity contribution is 5.85. The van der Waals surface area contributed by atoms with Crippen LogP contribution in [0, 0.1) is 5.41 Å². The van der Waals surface area contributed by atoms with Crippen molar-refractivity contribution in [2.24, 2.45) is 11.1 Å². The lowest BCUT2D eigenvalue weighted by molar-refractivity contribution is -0.130. The molecule has 5 nitrogen and oxygen atoms in total. The minimum Gasteiger partial charge on any atom is -0.356 e. The first-order valence-electron chi connectivity index (χ1n) is 7.25. The maximum Gasteiger partial charge on any atom is 0.222 e. The van der Waals surface area contributed by atoms with Crippen molar-refractivity contribution in [3.8, 4) is 0 Å². The Labute approximate surface area is 128 Å². The molecular weight excluding hydrogens is 278 g/mol. The fourth-order valence-corrected chi connectivity index (χ4v) is 2.31. The van der Waals surface area contributed by atoms with Crippen molar-refractivity contribution in [1.82, 2.24) is 10.2 Å². The van der Waals surface area contributed by atoms with E-state index in [0.29, 0.717) is 32.4 Å². The fourth-order valence-electron chi connectivity index (χ4n) is 2.31. The number of nitrogens with one attached hydrogen (secondary N) is 1. The topological polar surface area (TPSA) is 75.4 Å². The predicted octanol–water partition coefficient (Wildman–Crippen LogP) is 1.30. The van der Waals surface area contributed by atoms with Crippen molar-refractivity contribution in [3.63, 3.8) is 0 Å². The average Bonchev–Trinajstić information content (AvgIpc) is 2.80. The summed E-state index contributed by atoms with van der Waals surface area (Å²) >= 11 is 0. The van der Waals surface area contributed by atoms with E-state index < -0.39 is 0 Å². The largest absolute Gasteiger partial charge is 0.356 e. The lowest BCUT2D eigenvalue weighted by atomic mass is 9.90. The van der Waals surface area contributed by atoms with Crippen molar-refractivity contribution in [1.29, 1.82) is 0 Å². The monoisotopic (exact) mass is 305 g/mol. The van der Waals surface area contributed by atoms with Crippen molar-refractivity contribution >= 4 is 24.2 Å². The summed E-state index contributed by atoms with van der Waals surface area (Å²) < 4.78 is 0. The Morgan fingerprint density at radius 2 is 2.05 bits per heavy atom. The Morgan fingerprint density at radius 3 is 2.60 bits per heavy atom. The van der Waals surface area contributed by atoms with E-state index in [0.717, 1.165) is 25.9 Å². The smallest absolute Gasteiger partial charge is 0.222 e. The summed E-state index contributed by atoms with van der Waals surface area (Å²) in [5.41, 5.74) is 5.80. The average molecular weight is 306 g/mol. The normalized spacial score (nSPS) is 21.4. The second-order valence-corrected chi connectivity index (χ2v) is 5.78. The summed E-state index contributed by atoms with van der Waals surface area (Å²) in [7, 11) is 0. The molecule has 1 fully saturated rings. The van der Waals surface area contributed by atoms with Gasteiger partial charge in [-0.2, -0.15) is 0 Å². The second kappa shape index (κ2) is 9.19. The molecule has 3 N–H and O–H groups in total. The lowest BCUT2D eigenvalue weighted by Crippen LogP contribution is -2.34. The predicted molar refractivity (Wildman–Crippen MR) is 82.8 cm³/mol. The summed E-state index contributed by atoms with van der Waals surface area (Å²) in [6.45, 7) is 7.03. The van der Waals surface area contributed by atoms with Gasteiger partial charge in [0.1, 0.15) is 0 Å². The van der Waals surface area contributed by atoms with Crippen LogP contribution in [0.1, 0.15) is 46.0 Å². The van der Waals surface area contributed by atoms with E-state index in [1.54, 1.807) is 0 Å². The molecule has 0 bridgehead atoms. The molecule has 1 atom stereocenters. The molecule has 0 spiro atoms. The second-order valence-electron chi connectivity index (χ2n) is 5.78. The molecule has 6 heteroatoms. The van der Waals surface area contributed by atoms with Crippen LogP contribution in [0.4, 0.5) is 0 Å². The summed E-state index contributed by atoms with van der Waals surface area (Å²) in [6.07, 6.45) is 3.44. The van der Waals surface area contributed by atoms with Gasteiger partial charge in [-0.05, 0) is 31.2 Å². The number of halogens is 1. The summed E-state index contributed by atoms with van der Waals surface area (Å²) in [6, 6.07) is 0. The zero-order chi connectivity index (χ0) is 14.3. The molecule has 1 saturated heterocycles. The standard InChI is InChI=1S/C14H27N3O2.ClH/c1-3-8-16-12(18)5-4-6-13(19)17-9-7-14(2,10-15)11-17;/h3-11,15H2,1-2H3,(H,16,18);1H. The number of carbonyl (C=O) groups excluding carboxylic acids is 2. The Bertz CT molecular complexity index is 326. The SMILES string of the molecule is CCCNC(=O)CCCC(=O)N1CCC(C)(CN)C1.Cl. The Morgan fingerprint density at radius 1 is 1.35 bits per heavy atom. The first kappa shape index (κ1) is 19.2. The van der Waals surface area contributed by atoms with Crippen LogP contribution >= 0.6 is 12.4 Å². The Hall–Kier alpha value is -0.810. The number of nitrogens with zero attached hydrogens (tertiary/aromatic N) is 1. The highest BCUT2D eigenvalue weighted by Crippen LogP contribution is 2.28. The number of likely N-dealkylation sites (tertiary alicyclic amines) is 1. The van der Waals surface area contributed by atoms with Crippen LogP contribution in [-0.4, -0.2) is 42.9 Å². The highest BCUT2D eigenvalue weighted by Gasteiger charge is 2.34. The third-order valence-corrected chi connectivity index (χ3v) is 3.77. The molecule has 0 aliphatic carbocycles. The number of amides is 2. The van der Waals surface area contributed by atoms with E-state index in [4.69, 9.17) is 5.73 Å². The number of nitrogens with two attached hydrogens (primary N) is 1. The molecule has 1 unspecified atom stereocenters. The van der Waals surface area contributed by atoms with Crippen molar-refractivity contribution in [2.45, 2.75) is 46.0 Å². The van der Waals surface area contributed by atoms with Gasteiger partial charge in [0, 0.05) is 32.5 Å². The number of rotatable bonds is 7. The van der Waals surface area contributed by atoms with E-state index in [2.05, 4.69) is 12.2 Å². The molecule has 20 heavy (non-hydrogen) atoms. The van der Waals surface area contributed by atoms with Crippen LogP contribution < -0.4 is 11.1 Å². The van der Waals surface area contributed by atoms with Gasteiger partial charge < -0.3 is 16.0 Å². The van der Waals surface area contributed by atoms with Gasteiger partial charge in [0.05, 0.1) is 0 Å². The third kappa shape index (κ3) is 6.09. The Balaban J connectivity index is 0.00000361. The van der Waals surface area contributed by atoms with Gasteiger partial charge in [-0.25, -0.2) is 0 Å². The van der Waals surface area contributed by atoms with Gasteiger partial charge in [-0.15, -0.1) is 12.4 Å². The van der Waals surface area contributed by atoms with Gasteiger partial charge in [-0.3, -0.25) is 9.59 Å². The molecule has 1 aliphatic rings. The van der Waals surface area contributed by atoms with E-state index in [9.17, 15) is 9.59 Å². The molecule has 1 heterocycles. The summed E-state index contributed by atoms with van der Waals surface area (Å²) in [4.78, 5) is 25.3. The third-order valence-electron chi connectivity index (χ3n) is 3.77. The molecule has 0 aromatic rings. The minimum absolute atomic E-state index is 0. The number of carbonyl (C=O) groups is 2. The van der Waals surface area contributed by atoms with Crippen LogP contribution in [0.25, 0.3) is 0 Å². The van der Waals surface area contributed by atoms with Gasteiger partial charge >= 0.3 is 0 Å². The molecule has 0 saturated carbocycles. The summed E-state index contributed by atoms with van der Waals surface area (Å²) in [5.74, 6) is 0.198. The maximum atomic E-state index is 12.0. The van der Waals surface area contributed by atoms with Gasteiger partial charge in [0.15, 0.2) is 0 Å². The zero-order valence-corrected chi connectivity index (χ0v) is 13.4. The van der Waals surface area contributed by atoms with E-state index in [1.807, 2.05) is 11.8 Å². The number of hydrogen-bond donors (Lipinski definition) is 2. The van der Waals surface area contributed by atoms with Gasteiger partial charge in [0.25, 0.3) is 0 Å². The van der Waals surface area contributed by atoms with Crippen LogP contribution in [0.2, 0.25) is 0 Å². The molecule has 0 radical (unpaired) electrons. The molecular formula is C14H28ClN3O2. The van der Waals surface area contributed by atoms with Crippen molar-refractivity contribution in [3.05, 3.63) is 0 Å². The van der Waals surface area contributed by atoms with E-state index in [-0.39, 0.29) is 29.6 Å². The number of hydrogen-bond acceptors (Lipinski definition) is 3. The van der Waals surface area contributed by atoms with E-state index in [1.165, 1.54) is 0 Å².